The molecule has 3 nitrogen and oxygen atoms in total. The Morgan fingerprint density at radius 2 is 2.25 bits per heavy atom. The largest absolute Gasteiger partial charge is 0.494 e. The van der Waals surface area contributed by atoms with Crippen LogP contribution >= 0.6 is 0 Å². The summed E-state index contributed by atoms with van der Waals surface area (Å²) in [6.07, 6.45) is 3.25. The lowest BCUT2D eigenvalue weighted by molar-refractivity contribution is 0.386. The highest BCUT2D eigenvalue weighted by atomic mass is 19.1. The number of furan rings is 1. The first-order chi connectivity index (χ1) is 7.79. The number of nitrogens with one attached hydrogen (secondary N) is 1. The van der Waals surface area contributed by atoms with E-state index < -0.39 is 0 Å². The fourth-order valence-corrected chi connectivity index (χ4v) is 1.37. The van der Waals surface area contributed by atoms with Crippen molar-refractivity contribution in [2.45, 2.75) is 6.54 Å². The highest BCUT2D eigenvalue weighted by Gasteiger charge is 2.03. The van der Waals surface area contributed by atoms with Gasteiger partial charge in [-0.2, -0.15) is 0 Å². The van der Waals surface area contributed by atoms with Gasteiger partial charge in [-0.15, -0.1) is 0 Å². The van der Waals surface area contributed by atoms with Crippen LogP contribution in [0.3, 0.4) is 0 Å². The molecule has 1 N–H and O–H groups in total. The fraction of sp³-hybridized carbons (Fsp3) is 0.167. The van der Waals surface area contributed by atoms with Crippen LogP contribution in [0.15, 0.2) is 41.2 Å². The zero-order valence-corrected chi connectivity index (χ0v) is 8.87. The molecule has 0 amide bonds. The van der Waals surface area contributed by atoms with Gasteiger partial charge in [-0.3, -0.25) is 0 Å². The van der Waals surface area contributed by atoms with Gasteiger partial charge >= 0.3 is 0 Å². The minimum Gasteiger partial charge on any atom is -0.494 e. The van der Waals surface area contributed by atoms with Crippen LogP contribution in [-0.2, 0) is 6.54 Å². The van der Waals surface area contributed by atoms with E-state index in [1.807, 2.05) is 6.07 Å². The molecule has 0 atom stereocenters. The minimum atomic E-state index is -0.375. The van der Waals surface area contributed by atoms with Gasteiger partial charge in [-0.25, -0.2) is 4.39 Å². The normalized spacial score (nSPS) is 10.1. The van der Waals surface area contributed by atoms with Gasteiger partial charge in [0, 0.05) is 23.9 Å². The second kappa shape index (κ2) is 4.70. The highest BCUT2D eigenvalue weighted by molar-refractivity contribution is 5.47. The fourth-order valence-electron chi connectivity index (χ4n) is 1.37. The Labute approximate surface area is 92.8 Å². The van der Waals surface area contributed by atoms with Crippen LogP contribution in [-0.4, -0.2) is 7.11 Å². The number of halogens is 1. The van der Waals surface area contributed by atoms with Crippen molar-refractivity contribution in [1.82, 2.24) is 0 Å². The molecule has 0 unspecified atom stereocenters. The Bertz CT molecular complexity index is 454. The molecule has 0 spiro atoms. The predicted octanol–water partition coefficient (Wildman–Crippen LogP) is 3.04. The molecule has 0 saturated heterocycles. The zero-order chi connectivity index (χ0) is 11.4. The van der Waals surface area contributed by atoms with Crippen LogP contribution in [0.2, 0.25) is 0 Å². The van der Waals surface area contributed by atoms with E-state index in [1.54, 1.807) is 24.7 Å². The average molecular weight is 221 g/mol. The van der Waals surface area contributed by atoms with Gasteiger partial charge in [0.2, 0.25) is 0 Å². The number of methoxy groups -OCH3 is 1. The topological polar surface area (TPSA) is 34.4 Å². The Hall–Kier alpha value is -1.97. The minimum absolute atomic E-state index is 0.244. The Balaban J connectivity index is 2.02. The van der Waals surface area contributed by atoms with Crippen molar-refractivity contribution in [3.05, 3.63) is 48.2 Å². The summed E-state index contributed by atoms with van der Waals surface area (Å²) in [5.41, 5.74) is 1.72. The standard InChI is InChI=1S/C12H12FNO2/c1-15-12-3-2-10(6-11(12)13)14-7-9-4-5-16-8-9/h2-6,8,14H,7H2,1H3. The van der Waals surface area contributed by atoms with Crippen LogP contribution in [0.1, 0.15) is 5.56 Å². The number of hydrogen-bond acceptors (Lipinski definition) is 3. The van der Waals surface area contributed by atoms with Crippen LogP contribution in [0.4, 0.5) is 10.1 Å². The summed E-state index contributed by atoms with van der Waals surface area (Å²) in [7, 11) is 1.44. The van der Waals surface area contributed by atoms with Crippen molar-refractivity contribution in [3.63, 3.8) is 0 Å². The summed E-state index contributed by atoms with van der Waals surface area (Å²) in [5, 5.41) is 3.08. The van der Waals surface area contributed by atoms with E-state index in [0.29, 0.717) is 12.2 Å². The highest BCUT2D eigenvalue weighted by Crippen LogP contribution is 2.20. The molecule has 0 radical (unpaired) electrons. The molecular weight excluding hydrogens is 209 g/mol. The van der Waals surface area contributed by atoms with Crippen LogP contribution < -0.4 is 10.1 Å². The first-order valence-corrected chi connectivity index (χ1v) is 4.88. The monoisotopic (exact) mass is 221 g/mol. The first kappa shape index (κ1) is 10.5. The molecular formula is C12H12FNO2. The number of benzene rings is 1. The molecule has 0 fully saturated rings. The lowest BCUT2D eigenvalue weighted by Gasteiger charge is -2.07. The molecule has 1 aromatic heterocycles. The van der Waals surface area contributed by atoms with Crippen molar-refractivity contribution in [1.29, 1.82) is 0 Å². The van der Waals surface area contributed by atoms with Crippen molar-refractivity contribution in [2.75, 3.05) is 12.4 Å². The number of hydrogen-bond donors (Lipinski definition) is 1. The molecule has 84 valence electrons. The number of rotatable bonds is 4. The molecule has 1 aromatic carbocycles. The lowest BCUT2D eigenvalue weighted by Crippen LogP contribution is -1.99. The smallest absolute Gasteiger partial charge is 0.167 e. The number of ether oxygens (including phenoxy) is 1. The van der Waals surface area contributed by atoms with E-state index in [1.165, 1.54) is 13.2 Å². The van der Waals surface area contributed by atoms with Crippen LogP contribution in [0.5, 0.6) is 5.75 Å². The van der Waals surface area contributed by atoms with E-state index in [0.717, 1.165) is 5.56 Å². The van der Waals surface area contributed by atoms with E-state index in [-0.39, 0.29) is 11.6 Å². The molecule has 4 heteroatoms. The summed E-state index contributed by atoms with van der Waals surface area (Å²) in [4.78, 5) is 0. The molecule has 0 aliphatic carbocycles. The maximum absolute atomic E-state index is 13.3. The molecule has 0 bridgehead atoms. The molecule has 0 saturated carbocycles. The summed E-state index contributed by atoms with van der Waals surface area (Å²) in [6, 6.07) is 6.61. The van der Waals surface area contributed by atoms with Gasteiger partial charge in [0.1, 0.15) is 0 Å². The maximum Gasteiger partial charge on any atom is 0.167 e. The zero-order valence-electron chi connectivity index (χ0n) is 8.87. The molecule has 0 aliphatic rings. The maximum atomic E-state index is 13.3. The Morgan fingerprint density at radius 3 is 2.88 bits per heavy atom. The molecule has 1 heterocycles. The van der Waals surface area contributed by atoms with Crippen molar-refractivity contribution >= 4 is 5.69 Å². The van der Waals surface area contributed by atoms with Crippen molar-refractivity contribution in [3.8, 4) is 5.75 Å². The second-order valence-corrected chi connectivity index (χ2v) is 3.33. The SMILES string of the molecule is COc1ccc(NCc2ccoc2)cc1F. The number of anilines is 1. The second-order valence-electron chi connectivity index (χ2n) is 3.33. The third-order valence-corrected chi connectivity index (χ3v) is 2.23. The third kappa shape index (κ3) is 2.34. The molecule has 16 heavy (non-hydrogen) atoms. The van der Waals surface area contributed by atoms with Crippen molar-refractivity contribution < 1.29 is 13.5 Å². The van der Waals surface area contributed by atoms with Gasteiger partial charge in [0.05, 0.1) is 19.6 Å². The van der Waals surface area contributed by atoms with Gasteiger partial charge < -0.3 is 14.5 Å². The Morgan fingerprint density at radius 1 is 1.38 bits per heavy atom. The van der Waals surface area contributed by atoms with E-state index in [2.05, 4.69) is 5.32 Å². The van der Waals surface area contributed by atoms with Crippen molar-refractivity contribution in [2.24, 2.45) is 0 Å². The van der Waals surface area contributed by atoms with Gasteiger partial charge in [0.25, 0.3) is 0 Å². The third-order valence-electron chi connectivity index (χ3n) is 2.23. The first-order valence-electron chi connectivity index (χ1n) is 4.88. The van der Waals surface area contributed by atoms with Gasteiger partial charge in [-0.1, -0.05) is 0 Å². The molecule has 2 aromatic rings. The van der Waals surface area contributed by atoms with E-state index in [9.17, 15) is 4.39 Å². The Kier molecular flexibility index (Phi) is 3.10. The van der Waals surface area contributed by atoms with Gasteiger partial charge in [-0.05, 0) is 18.2 Å². The van der Waals surface area contributed by atoms with E-state index >= 15 is 0 Å². The van der Waals surface area contributed by atoms with Gasteiger partial charge in [0.15, 0.2) is 11.6 Å². The lowest BCUT2D eigenvalue weighted by atomic mass is 10.2. The molecule has 2 rings (SSSR count). The average Bonchev–Trinajstić information content (AvgIpc) is 2.79. The van der Waals surface area contributed by atoms with E-state index in [4.69, 9.17) is 9.15 Å². The summed E-state index contributed by atoms with van der Waals surface area (Å²) in [6.45, 7) is 0.599. The van der Waals surface area contributed by atoms with Crippen LogP contribution in [0.25, 0.3) is 0 Å². The quantitative estimate of drug-likeness (QED) is 0.861. The summed E-state index contributed by atoms with van der Waals surface area (Å²) < 4.78 is 23.1. The predicted molar refractivity (Wildman–Crippen MR) is 59.0 cm³/mol. The summed E-state index contributed by atoms with van der Waals surface area (Å²) >= 11 is 0. The molecule has 0 aliphatic heterocycles. The van der Waals surface area contributed by atoms with Crippen LogP contribution in [0, 0.1) is 5.82 Å². The summed E-state index contributed by atoms with van der Waals surface area (Å²) in [5.74, 6) is -0.131.